The van der Waals surface area contributed by atoms with E-state index in [0.717, 1.165) is 12.5 Å². The fraction of sp³-hybridized carbons (Fsp3) is 0.818. The van der Waals surface area contributed by atoms with Crippen molar-refractivity contribution in [2.24, 2.45) is 5.92 Å². The van der Waals surface area contributed by atoms with Crippen LogP contribution in [0.3, 0.4) is 0 Å². The second-order valence-electron chi connectivity index (χ2n) is 3.86. The van der Waals surface area contributed by atoms with Crippen molar-refractivity contribution < 1.29 is 0 Å². The highest BCUT2D eigenvalue weighted by atomic mass is 14.9. The summed E-state index contributed by atoms with van der Waals surface area (Å²) in [7, 11) is 0. The van der Waals surface area contributed by atoms with E-state index in [9.17, 15) is 0 Å². The first-order valence-electron chi connectivity index (χ1n) is 4.94. The molecule has 12 heavy (non-hydrogen) atoms. The average Bonchev–Trinajstić information content (AvgIpc) is 2.02. The van der Waals surface area contributed by atoms with Crippen molar-refractivity contribution in [2.45, 2.75) is 47.1 Å². The van der Waals surface area contributed by atoms with Crippen LogP contribution in [0.2, 0.25) is 0 Å². The monoisotopic (exact) mass is 169 g/mol. The summed E-state index contributed by atoms with van der Waals surface area (Å²) in [4.78, 5) is 0. The van der Waals surface area contributed by atoms with Gasteiger partial charge in [0, 0.05) is 12.6 Å². The largest absolute Gasteiger partial charge is 0.311 e. The Morgan fingerprint density at radius 1 is 1.33 bits per heavy atom. The van der Waals surface area contributed by atoms with Gasteiger partial charge in [-0.15, -0.1) is 0 Å². The van der Waals surface area contributed by atoms with Crippen LogP contribution < -0.4 is 5.32 Å². The lowest BCUT2D eigenvalue weighted by atomic mass is 10.0. The Bertz CT molecular complexity index is 134. The maximum atomic E-state index is 3.49. The smallest absolute Gasteiger partial charge is 0.0139 e. The zero-order valence-corrected chi connectivity index (χ0v) is 9.15. The van der Waals surface area contributed by atoms with E-state index in [1.165, 1.54) is 12.0 Å². The molecule has 1 heteroatoms. The van der Waals surface area contributed by atoms with Crippen LogP contribution in [-0.4, -0.2) is 12.6 Å². The fourth-order valence-electron chi connectivity index (χ4n) is 1.00. The molecule has 0 saturated heterocycles. The van der Waals surface area contributed by atoms with Gasteiger partial charge in [0.25, 0.3) is 0 Å². The maximum absolute atomic E-state index is 3.49. The first-order valence-corrected chi connectivity index (χ1v) is 4.94. The third-order valence-corrected chi connectivity index (χ3v) is 2.45. The molecule has 0 radical (unpaired) electrons. The highest BCUT2D eigenvalue weighted by Crippen LogP contribution is 2.05. The SMILES string of the molecule is CCC(C)C(C)NCC=C(C)C. The van der Waals surface area contributed by atoms with Gasteiger partial charge in [-0.2, -0.15) is 0 Å². The van der Waals surface area contributed by atoms with Crippen molar-refractivity contribution in [1.29, 1.82) is 0 Å². The molecule has 0 spiro atoms. The van der Waals surface area contributed by atoms with Gasteiger partial charge >= 0.3 is 0 Å². The molecule has 2 atom stereocenters. The van der Waals surface area contributed by atoms with Gasteiger partial charge in [0.15, 0.2) is 0 Å². The molecule has 0 rings (SSSR count). The van der Waals surface area contributed by atoms with Crippen molar-refractivity contribution in [3.05, 3.63) is 11.6 Å². The summed E-state index contributed by atoms with van der Waals surface area (Å²) in [5, 5.41) is 3.49. The molecule has 0 aromatic carbocycles. The quantitative estimate of drug-likeness (QED) is 0.624. The molecule has 0 fully saturated rings. The highest BCUT2D eigenvalue weighted by Gasteiger charge is 2.07. The number of hydrogen-bond donors (Lipinski definition) is 1. The second kappa shape index (κ2) is 6.24. The molecule has 0 aliphatic rings. The zero-order valence-electron chi connectivity index (χ0n) is 9.15. The molecule has 2 unspecified atom stereocenters. The average molecular weight is 169 g/mol. The predicted octanol–water partition coefficient (Wildman–Crippen LogP) is 2.98. The molecule has 0 bridgehead atoms. The van der Waals surface area contributed by atoms with E-state index in [-0.39, 0.29) is 0 Å². The molecule has 72 valence electrons. The van der Waals surface area contributed by atoms with E-state index in [0.29, 0.717) is 6.04 Å². The number of rotatable bonds is 5. The van der Waals surface area contributed by atoms with E-state index in [1.54, 1.807) is 0 Å². The minimum absolute atomic E-state index is 0.630. The molecule has 0 aliphatic carbocycles. The van der Waals surface area contributed by atoms with Crippen molar-refractivity contribution in [3.8, 4) is 0 Å². The van der Waals surface area contributed by atoms with E-state index in [1.807, 2.05) is 0 Å². The lowest BCUT2D eigenvalue weighted by molar-refractivity contribution is 0.404. The topological polar surface area (TPSA) is 12.0 Å². The standard InChI is InChI=1S/C11H23N/c1-6-10(4)11(5)12-8-7-9(2)3/h7,10-12H,6,8H2,1-5H3. The van der Waals surface area contributed by atoms with Gasteiger partial charge < -0.3 is 5.32 Å². The summed E-state index contributed by atoms with van der Waals surface area (Å²) >= 11 is 0. The predicted molar refractivity (Wildman–Crippen MR) is 56.4 cm³/mol. The van der Waals surface area contributed by atoms with Crippen molar-refractivity contribution in [2.75, 3.05) is 6.54 Å². The molecule has 0 saturated carbocycles. The van der Waals surface area contributed by atoms with Gasteiger partial charge in [-0.05, 0) is 26.7 Å². The lowest BCUT2D eigenvalue weighted by Crippen LogP contribution is -2.31. The van der Waals surface area contributed by atoms with E-state index >= 15 is 0 Å². The van der Waals surface area contributed by atoms with Crippen LogP contribution in [0.25, 0.3) is 0 Å². The summed E-state index contributed by atoms with van der Waals surface area (Å²) in [5.41, 5.74) is 1.39. The number of nitrogens with one attached hydrogen (secondary N) is 1. The number of hydrogen-bond acceptors (Lipinski definition) is 1. The van der Waals surface area contributed by atoms with Gasteiger partial charge in [-0.25, -0.2) is 0 Å². The Hall–Kier alpha value is -0.300. The lowest BCUT2D eigenvalue weighted by Gasteiger charge is -2.18. The van der Waals surface area contributed by atoms with Gasteiger partial charge in [-0.1, -0.05) is 31.9 Å². The highest BCUT2D eigenvalue weighted by molar-refractivity contribution is 4.94. The Labute approximate surface area is 77.2 Å². The summed E-state index contributed by atoms with van der Waals surface area (Å²) in [5.74, 6) is 0.774. The van der Waals surface area contributed by atoms with Gasteiger partial charge in [0.1, 0.15) is 0 Å². The minimum Gasteiger partial charge on any atom is -0.311 e. The fourth-order valence-corrected chi connectivity index (χ4v) is 1.00. The maximum Gasteiger partial charge on any atom is 0.0139 e. The molecule has 0 amide bonds. The van der Waals surface area contributed by atoms with Crippen LogP contribution in [0.5, 0.6) is 0 Å². The summed E-state index contributed by atoms with van der Waals surface area (Å²) in [6, 6.07) is 0.630. The molecular formula is C11H23N. The van der Waals surface area contributed by atoms with Crippen LogP contribution in [0.15, 0.2) is 11.6 Å². The van der Waals surface area contributed by atoms with Crippen LogP contribution in [0.1, 0.15) is 41.0 Å². The van der Waals surface area contributed by atoms with Crippen LogP contribution in [0.4, 0.5) is 0 Å². The summed E-state index contributed by atoms with van der Waals surface area (Å²) in [6.07, 6.45) is 3.49. The molecule has 0 aromatic heterocycles. The third-order valence-electron chi connectivity index (χ3n) is 2.45. The van der Waals surface area contributed by atoms with Gasteiger partial charge in [-0.3, -0.25) is 0 Å². The van der Waals surface area contributed by atoms with Gasteiger partial charge in [0.2, 0.25) is 0 Å². The van der Waals surface area contributed by atoms with Crippen molar-refractivity contribution in [1.82, 2.24) is 5.32 Å². The molecule has 0 heterocycles. The van der Waals surface area contributed by atoms with E-state index in [4.69, 9.17) is 0 Å². The van der Waals surface area contributed by atoms with Crippen LogP contribution in [0, 0.1) is 5.92 Å². The molecular weight excluding hydrogens is 146 g/mol. The van der Waals surface area contributed by atoms with Gasteiger partial charge in [0.05, 0.1) is 0 Å². The van der Waals surface area contributed by atoms with E-state index in [2.05, 4.69) is 46.0 Å². The second-order valence-corrected chi connectivity index (χ2v) is 3.86. The first-order chi connectivity index (χ1) is 5.57. The Balaban J connectivity index is 3.57. The van der Waals surface area contributed by atoms with Crippen molar-refractivity contribution in [3.63, 3.8) is 0 Å². The Kier molecular flexibility index (Phi) is 6.09. The minimum atomic E-state index is 0.630. The first kappa shape index (κ1) is 11.7. The van der Waals surface area contributed by atoms with Crippen LogP contribution in [-0.2, 0) is 0 Å². The normalized spacial score (nSPS) is 15.4. The molecule has 0 aliphatic heterocycles. The molecule has 1 nitrogen and oxygen atoms in total. The summed E-state index contributed by atoms with van der Waals surface area (Å²) < 4.78 is 0. The zero-order chi connectivity index (χ0) is 9.56. The molecule has 0 aromatic rings. The van der Waals surface area contributed by atoms with Crippen LogP contribution >= 0.6 is 0 Å². The van der Waals surface area contributed by atoms with Crippen molar-refractivity contribution >= 4 is 0 Å². The Morgan fingerprint density at radius 3 is 2.33 bits per heavy atom. The van der Waals surface area contributed by atoms with E-state index < -0.39 is 0 Å². The Morgan fingerprint density at radius 2 is 1.92 bits per heavy atom. The molecule has 1 N–H and O–H groups in total. The number of allylic oxidation sites excluding steroid dienone is 1. The third kappa shape index (κ3) is 5.36. The summed E-state index contributed by atoms with van der Waals surface area (Å²) in [6.45, 7) is 12.1.